The molecule has 1 nitrogen and oxygen atoms in total. The minimum atomic E-state index is 0.129. The summed E-state index contributed by atoms with van der Waals surface area (Å²) in [4.78, 5) is 0. The fourth-order valence-electron chi connectivity index (χ4n) is 0.485. The van der Waals surface area contributed by atoms with Gasteiger partial charge < -0.3 is 5.11 Å². The molecule has 3 heteroatoms. The Morgan fingerprint density at radius 3 is 2.00 bits per heavy atom. The van der Waals surface area contributed by atoms with E-state index in [1.165, 1.54) is 12.1 Å². The lowest BCUT2D eigenvalue weighted by Crippen LogP contribution is -1.66. The van der Waals surface area contributed by atoms with E-state index in [1.54, 1.807) is 6.07 Å². The van der Waals surface area contributed by atoms with Crippen molar-refractivity contribution in [3.05, 3.63) is 28.2 Å². The average Bonchev–Trinajstić information content (AvgIpc) is 2.02. The van der Waals surface area contributed by atoms with Crippen LogP contribution >= 0.6 is 23.2 Å². The van der Waals surface area contributed by atoms with Crippen LogP contribution in [0.4, 0.5) is 0 Å². The Labute approximate surface area is 76.6 Å². The molecular formula is C8H10Cl2O. The van der Waals surface area contributed by atoms with Crippen LogP contribution in [0.1, 0.15) is 13.8 Å². The van der Waals surface area contributed by atoms with Gasteiger partial charge in [-0.25, -0.2) is 0 Å². The molecule has 1 aromatic rings. The van der Waals surface area contributed by atoms with Gasteiger partial charge in [-0.2, -0.15) is 0 Å². The summed E-state index contributed by atoms with van der Waals surface area (Å²) in [6.45, 7) is 4.00. The number of halogens is 2. The molecule has 0 aliphatic heterocycles. The van der Waals surface area contributed by atoms with Crippen molar-refractivity contribution in [1.29, 1.82) is 0 Å². The smallest absolute Gasteiger partial charge is 0.117 e. The Balaban J connectivity index is 0.000000461. The highest BCUT2D eigenvalue weighted by Crippen LogP contribution is 2.24. The van der Waals surface area contributed by atoms with Gasteiger partial charge in [0.1, 0.15) is 5.75 Å². The number of benzene rings is 1. The summed E-state index contributed by atoms with van der Waals surface area (Å²) in [5.74, 6) is 0.129. The minimum absolute atomic E-state index is 0.129. The van der Waals surface area contributed by atoms with Crippen LogP contribution in [0.25, 0.3) is 0 Å². The lowest BCUT2D eigenvalue weighted by molar-refractivity contribution is 0.475. The van der Waals surface area contributed by atoms with Gasteiger partial charge in [-0.3, -0.25) is 0 Å². The van der Waals surface area contributed by atoms with Crippen molar-refractivity contribution in [2.24, 2.45) is 0 Å². The van der Waals surface area contributed by atoms with E-state index < -0.39 is 0 Å². The molecule has 11 heavy (non-hydrogen) atoms. The van der Waals surface area contributed by atoms with Gasteiger partial charge in [0.15, 0.2) is 0 Å². The molecule has 0 fully saturated rings. The molecule has 0 amide bonds. The maximum atomic E-state index is 8.79. The lowest BCUT2D eigenvalue weighted by atomic mass is 10.3. The zero-order valence-corrected chi connectivity index (χ0v) is 7.95. The van der Waals surface area contributed by atoms with E-state index in [2.05, 4.69) is 0 Å². The number of rotatable bonds is 0. The number of hydrogen-bond acceptors (Lipinski definition) is 1. The quantitative estimate of drug-likeness (QED) is 0.665. The molecule has 0 aliphatic carbocycles. The molecule has 0 atom stereocenters. The maximum Gasteiger partial charge on any atom is 0.117 e. The topological polar surface area (TPSA) is 20.2 Å². The molecule has 1 rings (SSSR count). The summed E-state index contributed by atoms with van der Waals surface area (Å²) in [6.07, 6.45) is 0. The Hall–Kier alpha value is -0.400. The first kappa shape index (κ1) is 10.6. The van der Waals surface area contributed by atoms with Crippen LogP contribution in [0.5, 0.6) is 5.75 Å². The van der Waals surface area contributed by atoms with Crippen LogP contribution in [-0.4, -0.2) is 5.11 Å². The first-order chi connectivity index (χ1) is 5.20. The fraction of sp³-hybridized carbons (Fsp3) is 0.250. The Kier molecular flexibility index (Phi) is 5.08. The van der Waals surface area contributed by atoms with Crippen LogP contribution < -0.4 is 0 Å². The molecule has 1 N–H and O–H groups in total. The van der Waals surface area contributed by atoms with Gasteiger partial charge in [-0.1, -0.05) is 37.0 Å². The Morgan fingerprint density at radius 2 is 1.64 bits per heavy atom. The molecule has 0 saturated heterocycles. The normalized spacial score (nSPS) is 8.36. The second-order valence-electron chi connectivity index (χ2n) is 1.60. The van der Waals surface area contributed by atoms with Crippen LogP contribution in [0, 0.1) is 0 Å². The summed E-state index contributed by atoms with van der Waals surface area (Å²) in [6, 6.07) is 4.41. The van der Waals surface area contributed by atoms with Crippen LogP contribution in [0.15, 0.2) is 18.2 Å². The molecule has 0 spiro atoms. The molecule has 1 aromatic carbocycles. The number of hydrogen-bond donors (Lipinski definition) is 1. The molecule has 0 bridgehead atoms. The molecule has 0 aromatic heterocycles. The molecule has 62 valence electrons. The molecule has 0 saturated carbocycles. The van der Waals surface area contributed by atoms with Gasteiger partial charge in [-0.05, 0) is 18.2 Å². The van der Waals surface area contributed by atoms with E-state index in [-0.39, 0.29) is 5.75 Å². The third-order valence-corrected chi connectivity index (χ3v) is 1.64. The van der Waals surface area contributed by atoms with Gasteiger partial charge in [-0.15, -0.1) is 0 Å². The van der Waals surface area contributed by atoms with E-state index in [1.807, 2.05) is 13.8 Å². The molecular weight excluding hydrogens is 183 g/mol. The highest BCUT2D eigenvalue weighted by molar-refractivity contribution is 6.42. The third kappa shape index (κ3) is 3.49. The molecule has 0 heterocycles. The summed E-state index contributed by atoms with van der Waals surface area (Å²) in [7, 11) is 0. The minimum Gasteiger partial charge on any atom is -0.508 e. The van der Waals surface area contributed by atoms with E-state index in [4.69, 9.17) is 28.3 Å². The Bertz CT molecular complexity index is 223. The fourth-order valence-corrected chi connectivity index (χ4v) is 0.777. The first-order valence-corrected chi connectivity index (χ1v) is 4.10. The largest absolute Gasteiger partial charge is 0.508 e. The van der Waals surface area contributed by atoms with E-state index in [0.29, 0.717) is 10.0 Å². The van der Waals surface area contributed by atoms with Crippen molar-refractivity contribution in [3.63, 3.8) is 0 Å². The lowest BCUT2D eigenvalue weighted by Gasteiger charge is -1.93. The standard InChI is InChI=1S/C6H4Cl2O.C2H6/c7-5-2-1-4(9)3-6(5)8;1-2/h1-3,9H;1-2H3. The van der Waals surface area contributed by atoms with Gasteiger partial charge >= 0.3 is 0 Å². The number of phenolic OH excluding ortho intramolecular Hbond substituents is 1. The van der Waals surface area contributed by atoms with Crippen molar-refractivity contribution < 1.29 is 5.11 Å². The van der Waals surface area contributed by atoms with Crippen LogP contribution in [0.2, 0.25) is 10.0 Å². The van der Waals surface area contributed by atoms with Crippen molar-refractivity contribution >= 4 is 23.2 Å². The SMILES string of the molecule is CC.Oc1ccc(Cl)c(Cl)c1. The third-order valence-electron chi connectivity index (χ3n) is 0.903. The molecule has 0 radical (unpaired) electrons. The number of aromatic hydroxyl groups is 1. The van der Waals surface area contributed by atoms with E-state index in [0.717, 1.165) is 0 Å². The number of phenols is 1. The Morgan fingerprint density at radius 1 is 1.09 bits per heavy atom. The first-order valence-electron chi connectivity index (χ1n) is 3.34. The molecule has 0 aliphatic rings. The molecule has 0 unspecified atom stereocenters. The summed E-state index contributed by atoms with van der Waals surface area (Å²) in [5, 5.41) is 9.62. The summed E-state index contributed by atoms with van der Waals surface area (Å²) >= 11 is 11.1. The zero-order chi connectivity index (χ0) is 8.85. The van der Waals surface area contributed by atoms with E-state index >= 15 is 0 Å². The maximum absolute atomic E-state index is 8.79. The van der Waals surface area contributed by atoms with Gasteiger partial charge in [0, 0.05) is 0 Å². The highest BCUT2D eigenvalue weighted by Gasteiger charge is 1.95. The average molecular weight is 193 g/mol. The van der Waals surface area contributed by atoms with Crippen molar-refractivity contribution in [1.82, 2.24) is 0 Å². The van der Waals surface area contributed by atoms with E-state index in [9.17, 15) is 0 Å². The van der Waals surface area contributed by atoms with Gasteiger partial charge in [0.2, 0.25) is 0 Å². The van der Waals surface area contributed by atoms with Crippen molar-refractivity contribution in [2.75, 3.05) is 0 Å². The van der Waals surface area contributed by atoms with Crippen molar-refractivity contribution in [2.45, 2.75) is 13.8 Å². The predicted molar refractivity (Wildman–Crippen MR) is 49.5 cm³/mol. The second-order valence-corrected chi connectivity index (χ2v) is 2.41. The van der Waals surface area contributed by atoms with Crippen molar-refractivity contribution in [3.8, 4) is 5.75 Å². The zero-order valence-electron chi connectivity index (χ0n) is 6.44. The van der Waals surface area contributed by atoms with Crippen LogP contribution in [-0.2, 0) is 0 Å². The monoisotopic (exact) mass is 192 g/mol. The van der Waals surface area contributed by atoms with Gasteiger partial charge in [0.05, 0.1) is 10.0 Å². The predicted octanol–water partition coefficient (Wildman–Crippen LogP) is 3.73. The summed E-state index contributed by atoms with van der Waals surface area (Å²) < 4.78 is 0. The summed E-state index contributed by atoms with van der Waals surface area (Å²) in [5.41, 5.74) is 0. The van der Waals surface area contributed by atoms with Gasteiger partial charge in [0.25, 0.3) is 0 Å². The second kappa shape index (κ2) is 5.28. The van der Waals surface area contributed by atoms with Crippen LogP contribution in [0.3, 0.4) is 0 Å². The highest BCUT2D eigenvalue weighted by atomic mass is 35.5.